The van der Waals surface area contributed by atoms with Gasteiger partial charge in [0.05, 0.1) is 25.9 Å². The van der Waals surface area contributed by atoms with Crippen LogP contribution in [0, 0.1) is 0 Å². The first-order valence-corrected chi connectivity index (χ1v) is 6.85. The van der Waals surface area contributed by atoms with Crippen molar-refractivity contribution < 1.29 is 9.47 Å². The van der Waals surface area contributed by atoms with Gasteiger partial charge in [-0.05, 0) is 22.6 Å². The maximum atomic E-state index is 5.24. The standard InChI is InChI=1S/C12H16BrN5O2/c1-19-4-3-14-8-12-15-16-17-18(12)10-5-9(13)6-11(7-10)20-2/h5-7,14H,3-4,8H2,1-2H3. The van der Waals surface area contributed by atoms with Crippen LogP contribution in [-0.2, 0) is 11.3 Å². The van der Waals surface area contributed by atoms with Crippen LogP contribution in [0.1, 0.15) is 5.82 Å². The van der Waals surface area contributed by atoms with E-state index in [-0.39, 0.29) is 0 Å². The zero-order valence-electron chi connectivity index (χ0n) is 11.3. The zero-order valence-corrected chi connectivity index (χ0v) is 12.9. The van der Waals surface area contributed by atoms with E-state index in [1.165, 1.54) is 0 Å². The van der Waals surface area contributed by atoms with Crippen molar-refractivity contribution >= 4 is 15.9 Å². The lowest BCUT2D eigenvalue weighted by molar-refractivity contribution is 0.199. The first kappa shape index (κ1) is 14.9. The van der Waals surface area contributed by atoms with Crippen molar-refractivity contribution in [1.82, 2.24) is 25.5 Å². The summed E-state index contributed by atoms with van der Waals surface area (Å²) in [5.74, 6) is 1.46. The van der Waals surface area contributed by atoms with Gasteiger partial charge in [0.1, 0.15) is 5.75 Å². The zero-order chi connectivity index (χ0) is 14.4. The van der Waals surface area contributed by atoms with Crippen molar-refractivity contribution in [3.63, 3.8) is 0 Å². The van der Waals surface area contributed by atoms with E-state index in [0.717, 1.165) is 28.3 Å². The Hall–Kier alpha value is -1.51. The molecule has 0 aliphatic carbocycles. The summed E-state index contributed by atoms with van der Waals surface area (Å²) < 4.78 is 12.8. The van der Waals surface area contributed by atoms with E-state index < -0.39 is 0 Å². The number of hydrogen-bond donors (Lipinski definition) is 1. The van der Waals surface area contributed by atoms with Crippen molar-refractivity contribution in [2.24, 2.45) is 0 Å². The van der Waals surface area contributed by atoms with Gasteiger partial charge >= 0.3 is 0 Å². The summed E-state index contributed by atoms with van der Waals surface area (Å²) in [5, 5.41) is 15.0. The molecular weight excluding hydrogens is 326 g/mol. The summed E-state index contributed by atoms with van der Waals surface area (Å²) in [6.07, 6.45) is 0. The van der Waals surface area contributed by atoms with Crippen LogP contribution in [0.3, 0.4) is 0 Å². The van der Waals surface area contributed by atoms with Gasteiger partial charge in [-0.3, -0.25) is 0 Å². The molecule has 1 aromatic carbocycles. The monoisotopic (exact) mass is 341 g/mol. The first-order chi connectivity index (χ1) is 9.74. The van der Waals surface area contributed by atoms with E-state index in [1.54, 1.807) is 18.9 Å². The number of ether oxygens (including phenoxy) is 2. The van der Waals surface area contributed by atoms with Crippen LogP contribution in [0.15, 0.2) is 22.7 Å². The molecule has 0 spiro atoms. The predicted octanol–water partition coefficient (Wildman–Crippen LogP) is 1.17. The molecule has 1 N–H and O–H groups in total. The van der Waals surface area contributed by atoms with Gasteiger partial charge in [0.2, 0.25) is 0 Å². The van der Waals surface area contributed by atoms with Gasteiger partial charge in [-0.2, -0.15) is 4.68 Å². The minimum absolute atomic E-state index is 0.561. The predicted molar refractivity (Wildman–Crippen MR) is 77.0 cm³/mol. The fourth-order valence-corrected chi connectivity index (χ4v) is 2.14. The molecule has 0 fully saturated rings. The minimum atomic E-state index is 0.561. The summed E-state index contributed by atoms with van der Waals surface area (Å²) >= 11 is 3.44. The van der Waals surface area contributed by atoms with Crippen LogP contribution in [0.5, 0.6) is 5.75 Å². The van der Waals surface area contributed by atoms with Gasteiger partial charge in [0.15, 0.2) is 5.82 Å². The molecule has 1 aromatic heterocycles. The Labute approximate surface area is 125 Å². The lowest BCUT2D eigenvalue weighted by Gasteiger charge is -2.08. The number of nitrogens with zero attached hydrogens (tertiary/aromatic N) is 4. The van der Waals surface area contributed by atoms with Crippen molar-refractivity contribution in [1.29, 1.82) is 0 Å². The van der Waals surface area contributed by atoms with Crippen LogP contribution in [-0.4, -0.2) is 47.6 Å². The molecule has 1 heterocycles. The van der Waals surface area contributed by atoms with E-state index in [0.29, 0.717) is 13.2 Å². The fourth-order valence-electron chi connectivity index (χ4n) is 1.68. The molecule has 108 valence electrons. The number of methoxy groups -OCH3 is 2. The summed E-state index contributed by atoms with van der Waals surface area (Å²) in [4.78, 5) is 0. The molecule has 0 unspecified atom stereocenters. The Morgan fingerprint density at radius 2 is 2.15 bits per heavy atom. The number of aromatic nitrogens is 4. The second kappa shape index (κ2) is 7.32. The summed E-state index contributed by atoms with van der Waals surface area (Å²) in [6, 6.07) is 5.68. The quantitative estimate of drug-likeness (QED) is 0.762. The van der Waals surface area contributed by atoms with Crippen molar-refractivity contribution in [2.75, 3.05) is 27.4 Å². The van der Waals surface area contributed by atoms with Crippen molar-refractivity contribution in [3.8, 4) is 11.4 Å². The van der Waals surface area contributed by atoms with E-state index in [1.807, 2.05) is 18.2 Å². The van der Waals surface area contributed by atoms with Crippen LogP contribution < -0.4 is 10.1 Å². The van der Waals surface area contributed by atoms with E-state index in [9.17, 15) is 0 Å². The molecule has 20 heavy (non-hydrogen) atoms. The van der Waals surface area contributed by atoms with Crippen LogP contribution >= 0.6 is 15.9 Å². The van der Waals surface area contributed by atoms with Crippen LogP contribution in [0.25, 0.3) is 5.69 Å². The maximum Gasteiger partial charge on any atom is 0.170 e. The lowest BCUT2D eigenvalue weighted by atomic mass is 10.3. The van der Waals surface area contributed by atoms with Crippen LogP contribution in [0.2, 0.25) is 0 Å². The number of rotatable bonds is 7. The van der Waals surface area contributed by atoms with Gasteiger partial charge < -0.3 is 14.8 Å². The topological polar surface area (TPSA) is 74.1 Å². The van der Waals surface area contributed by atoms with Gasteiger partial charge in [0.25, 0.3) is 0 Å². The van der Waals surface area contributed by atoms with E-state index in [2.05, 4.69) is 36.8 Å². The Bertz CT molecular complexity index is 561. The summed E-state index contributed by atoms with van der Waals surface area (Å²) in [7, 11) is 3.29. The molecule has 0 bridgehead atoms. The van der Waals surface area contributed by atoms with Gasteiger partial charge in [-0.15, -0.1) is 5.10 Å². The maximum absolute atomic E-state index is 5.24. The highest BCUT2D eigenvalue weighted by atomic mass is 79.9. The first-order valence-electron chi connectivity index (χ1n) is 6.06. The van der Waals surface area contributed by atoms with Gasteiger partial charge in [-0.1, -0.05) is 15.9 Å². The largest absolute Gasteiger partial charge is 0.497 e. The Balaban J connectivity index is 2.16. The molecule has 0 aliphatic heterocycles. The number of halogens is 1. The third kappa shape index (κ3) is 3.75. The molecule has 0 atom stereocenters. The molecule has 7 nitrogen and oxygen atoms in total. The third-order valence-corrected chi connectivity index (χ3v) is 3.09. The normalized spacial score (nSPS) is 10.8. The molecule has 2 aromatic rings. The highest BCUT2D eigenvalue weighted by Gasteiger charge is 2.09. The Morgan fingerprint density at radius 1 is 1.30 bits per heavy atom. The van der Waals surface area contributed by atoms with E-state index in [4.69, 9.17) is 9.47 Å². The fraction of sp³-hybridized carbons (Fsp3) is 0.417. The second-order valence-corrected chi connectivity index (χ2v) is 4.94. The minimum Gasteiger partial charge on any atom is -0.497 e. The molecule has 8 heteroatoms. The highest BCUT2D eigenvalue weighted by molar-refractivity contribution is 9.10. The molecule has 0 aliphatic rings. The smallest absolute Gasteiger partial charge is 0.170 e. The summed E-state index contributed by atoms with van der Waals surface area (Å²) in [6.45, 7) is 1.95. The number of benzene rings is 1. The lowest BCUT2D eigenvalue weighted by Crippen LogP contribution is -2.21. The number of nitrogens with one attached hydrogen (secondary N) is 1. The SMILES string of the molecule is COCCNCc1nnnn1-c1cc(Br)cc(OC)c1. The number of tetrazole rings is 1. The van der Waals surface area contributed by atoms with Gasteiger partial charge in [0, 0.05) is 24.2 Å². The Kier molecular flexibility index (Phi) is 5.45. The van der Waals surface area contributed by atoms with Gasteiger partial charge in [-0.25, -0.2) is 0 Å². The highest BCUT2D eigenvalue weighted by Crippen LogP contribution is 2.23. The second-order valence-electron chi connectivity index (χ2n) is 4.03. The summed E-state index contributed by atoms with van der Waals surface area (Å²) in [5.41, 5.74) is 0.838. The van der Waals surface area contributed by atoms with E-state index >= 15 is 0 Å². The molecule has 0 amide bonds. The molecular formula is C12H16BrN5O2. The molecule has 0 saturated carbocycles. The Morgan fingerprint density at radius 3 is 2.90 bits per heavy atom. The average Bonchev–Trinajstić information content (AvgIpc) is 2.91. The third-order valence-electron chi connectivity index (χ3n) is 2.64. The van der Waals surface area contributed by atoms with Crippen molar-refractivity contribution in [3.05, 3.63) is 28.5 Å². The number of hydrogen-bond acceptors (Lipinski definition) is 6. The molecule has 0 saturated heterocycles. The molecule has 0 radical (unpaired) electrons. The average molecular weight is 342 g/mol. The molecule has 2 rings (SSSR count). The van der Waals surface area contributed by atoms with Crippen molar-refractivity contribution in [2.45, 2.75) is 6.54 Å². The van der Waals surface area contributed by atoms with Crippen LogP contribution in [0.4, 0.5) is 0 Å².